The van der Waals surface area contributed by atoms with Gasteiger partial charge in [-0.25, -0.2) is 13.2 Å². The van der Waals surface area contributed by atoms with Crippen molar-refractivity contribution in [2.75, 3.05) is 13.1 Å². The van der Waals surface area contributed by atoms with Gasteiger partial charge in [0.1, 0.15) is 0 Å². The Bertz CT molecular complexity index is 966. The zero-order chi connectivity index (χ0) is 20.1. The molecule has 1 aliphatic heterocycles. The molecule has 28 heavy (non-hydrogen) atoms. The van der Waals surface area contributed by atoms with E-state index in [1.54, 1.807) is 12.1 Å². The van der Waals surface area contributed by atoms with Gasteiger partial charge in [0.25, 0.3) is 0 Å². The molecule has 1 saturated heterocycles. The predicted octanol–water partition coefficient (Wildman–Crippen LogP) is 3.63. The van der Waals surface area contributed by atoms with Crippen LogP contribution >= 0.6 is 11.6 Å². The van der Waals surface area contributed by atoms with Gasteiger partial charge in [-0.15, -0.1) is 0 Å². The number of rotatable bonds is 5. The third-order valence-electron chi connectivity index (χ3n) is 4.76. The third-order valence-corrected chi connectivity index (χ3v) is 6.93. The van der Waals surface area contributed by atoms with E-state index in [0.717, 1.165) is 11.1 Å². The highest BCUT2D eigenvalue weighted by atomic mass is 35.5. The fraction of sp³-hybridized carbons (Fsp3) is 0.300. The lowest BCUT2D eigenvalue weighted by atomic mass is 9.99. The molecule has 0 aliphatic carbocycles. The van der Waals surface area contributed by atoms with E-state index in [2.05, 4.69) is 5.16 Å². The predicted molar refractivity (Wildman–Crippen MR) is 108 cm³/mol. The highest BCUT2D eigenvalue weighted by Crippen LogP contribution is 2.25. The molecule has 2 aromatic carbocycles. The van der Waals surface area contributed by atoms with Gasteiger partial charge in [0.05, 0.1) is 17.0 Å². The maximum absolute atomic E-state index is 12.7. The Kier molecular flexibility index (Phi) is 6.49. The highest BCUT2D eigenvalue weighted by molar-refractivity contribution is 7.89. The summed E-state index contributed by atoms with van der Waals surface area (Å²) < 4.78 is 26.7. The second kappa shape index (κ2) is 8.86. The number of carbonyl (C=O) groups is 1. The van der Waals surface area contributed by atoms with Gasteiger partial charge < -0.3 is 4.84 Å². The fourth-order valence-corrected chi connectivity index (χ4v) is 4.62. The Labute approximate surface area is 169 Å². The first-order chi connectivity index (χ1) is 13.4. The van der Waals surface area contributed by atoms with Gasteiger partial charge in [0.2, 0.25) is 10.0 Å². The van der Waals surface area contributed by atoms with E-state index in [0.29, 0.717) is 17.9 Å². The van der Waals surface area contributed by atoms with Crippen LogP contribution in [0.4, 0.5) is 0 Å². The maximum Gasteiger partial charge on any atom is 0.338 e. The van der Waals surface area contributed by atoms with Crippen molar-refractivity contribution in [1.82, 2.24) is 4.31 Å². The average Bonchev–Trinajstić information content (AvgIpc) is 2.70. The molecule has 1 fully saturated rings. The van der Waals surface area contributed by atoms with Crippen LogP contribution in [0.2, 0.25) is 5.02 Å². The second-order valence-electron chi connectivity index (χ2n) is 6.63. The van der Waals surface area contributed by atoms with Crippen LogP contribution in [0.1, 0.15) is 24.0 Å². The number of piperidine rings is 1. The summed E-state index contributed by atoms with van der Waals surface area (Å²) >= 11 is 5.82. The van der Waals surface area contributed by atoms with Crippen LogP contribution < -0.4 is 0 Å². The van der Waals surface area contributed by atoms with E-state index in [-0.39, 0.29) is 23.9 Å². The van der Waals surface area contributed by atoms with Crippen molar-refractivity contribution in [2.24, 2.45) is 11.1 Å². The minimum atomic E-state index is -3.59. The molecule has 1 heterocycles. The minimum absolute atomic E-state index is 0.195. The largest absolute Gasteiger partial charge is 0.338 e. The fourth-order valence-electron chi connectivity index (χ4n) is 3.03. The van der Waals surface area contributed by atoms with Crippen LogP contribution in [0, 0.1) is 12.8 Å². The molecule has 0 aromatic heterocycles. The third kappa shape index (κ3) is 4.79. The molecule has 0 unspecified atom stereocenters. The Hall–Kier alpha value is -2.22. The standard InChI is InChI=1S/C20H21ClN2O4S/c1-15-4-2-3-5-17(15)14-22-27-20(24)16-10-12-23(13-11-16)28(25,26)19-8-6-18(21)7-9-19/h2-9,14,16H,10-13H2,1H3/b22-14+. The zero-order valence-electron chi connectivity index (χ0n) is 15.4. The van der Waals surface area contributed by atoms with Crippen molar-refractivity contribution in [3.63, 3.8) is 0 Å². The summed E-state index contributed by atoms with van der Waals surface area (Å²) in [5, 5.41) is 4.26. The molecular weight excluding hydrogens is 400 g/mol. The van der Waals surface area contributed by atoms with Gasteiger partial charge in [0, 0.05) is 18.1 Å². The molecule has 2 aromatic rings. The van der Waals surface area contributed by atoms with Crippen molar-refractivity contribution in [3.05, 3.63) is 64.7 Å². The molecule has 8 heteroatoms. The molecular formula is C20H21ClN2O4S. The lowest BCUT2D eigenvalue weighted by Gasteiger charge is -2.29. The van der Waals surface area contributed by atoms with E-state index in [1.165, 1.54) is 22.7 Å². The molecule has 0 radical (unpaired) electrons. The van der Waals surface area contributed by atoms with Crippen LogP contribution in [0.3, 0.4) is 0 Å². The molecule has 0 spiro atoms. The van der Waals surface area contributed by atoms with E-state index in [1.807, 2.05) is 31.2 Å². The number of nitrogens with zero attached hydrogens (tertiary/aromatic N) is 2. The van der Waals surface area contributed by atoms with Gasteiger partial charge >= 0.3 is 5.97 Å². The molecule has 0 saturated carbocycles. The SMILES string of the molecule is Cc1ccccc1/C=N/OC(=O)C1CCN(S(=O)(=O)c2ccc(Cl)cc2)CC1. The quantitative estimate of drug-likeness (QED) is 0.420. The topological polar surface area (TPSA) is 76.0 Å². The Morgan fingerprint density at radius 2 is 1.79 bits per heavy atom. The van der Waals surface area contributed by atoms with Crippen molar-refractivity contribution < 1.29 is 18.0 Å². The summed E-state index contributed by atoms with van der Waals surface area (Å²) in [6.07, 6.45) is 2.30. The first kappa shape index (κ1) is 20.5. The number of hydrogen-bond donors (Lipinski definition) is 0. The molecule has 0 bridgehead atoms. The van der Waals surface area contributed by atoms with Gasteiger partial charge in [0.15, 0.2) is 0 Å². The number of benzene rings is 2. The number of aryl methyl sites for hydroxylation is 1. The van der Waals surface area contributed by atoms with Crippen molar-refractivity contribution >= 4 is 33.8 Å². The van der Waals surface area contributed by atoms with E-state index in [9.17, 15) is 13.2 Å². The highest BCUT2D eigenvalue weighted by Gasteiger charge is 2.33. The van der Waals surface area contributed by atoms with Crippen molar-refractivity contribution in [1.29, 1.82) is 0 Å². The summed E-state index contributed by atoms with van der Waals surface area (Å²) in [6, 6.07) is 13.7. The summed E-state index contributed by atoms with van der Waals surface area (Å²) in [6.45, 7) is 2.46. The summed E-state index contributed by atoms with van der Waals surface area (Å²) in [4.78, 5) is 17.4. The minimum Gasteiger partial charge on any atom is -0.318 e. The van der Waals surface area contributed by atoms with Crippen LogP contribution in [0.25, 0.3) is 0 Å². The van der Waals surface area contributed by atoms with Crippen LogP contribution in [0.5, 0.6) is 0 Å². The monoisotopic (exact) mass is 420 g/mol. The number of carbonyl (C=O) groups excluding carboxylic acids is 1. The first-order valence-corrected chi connectivity index (χ1v) is 10.8. The molecule has 0 amide bonds. The van der Waals surface area contributed by atoms with E-state index < -0.39 is 16.0 Å². The van der Waals surface area contributed by atoms with Crippen LogP contribution in [0.15, 0.2) is 58.6 Å². The Morgan fingerprint density at radius 3 is 2.43 bits per heavy atom. The van der Waals surface area contributed by atoms with Gasteiger partial charge in [-0.2, -0.15) is 4.31 Å². The van der Waals surface area contributed by atoms with Crippen LogP contribution in [-0.2, 0) is 19.7 Å². The number of hydrogen-bond acceptors (Lipinski definition) is 5. The van der Waals surface area contributed by atoms with Crippen molar-refractivity contribution in [2.45, 2.75) is 24.7 Å². The summed E-state index contributed by atoms with van der Waals surface area (Å²) in [5.74, 6) is -0.806. The average molecular weight is 421 g/mol. The normalized spacial score (nSPS) is 16.4. The molecule has 6 nitrogen and oxygen atoms in total. The summed E-state index contributed by atoms with van der Waals surface area (Å²) in [7, 11) is -3.59. The smallest absolute Gasteiger partial charge is 0.318 e. The lowest BCUT2D eigenvalue weighted by Crippen LogP contribution is -2.40. The number of sulfonamides is 1. The maximum atomic E-state index is 12.7. The van der Waals surface area contributed by atoms with Crippen molar-refractivity contribution in [3.8, 4) is 0 Å². The second-order valence-corrected chi connectivity index (χ2v) is 9.01. The van der Waals surface area contributed by atoms with Gasteiger partial charge in [-0.05, 0) is 55.2 Å². The van der Waals surface area contributed by atoms with Crippen LogP contribution in [-0.4, -0.2) is 38.0 Å². The number of halogens is 1. The summed E-state index contributed by atoms with van der Waals surface area (Å²) in [5.41, 5.74) is 1.90. The first-order valence-electron chi connectivity index (χ1n) is 8.93. The molecule has 1 aliphatic rings. The zero-order valence-corrected chi connectivity index (χ0v) is 17.0. The Balaban J connectivity index is 1.55. The van der Waals surface area contributed by atoms with Gasteiger partial charge in [-0.3, -0.25) is 0 Å². The number of oxime groups is 1. The van der Waals surface area contributed by atoms with E-state index >= 15 is 0 Å². The molecule has 0 atom stereocenters. The van der Waals surface area contributed by atoms with Gasteiger partial charge in [-0.1, -0.05) is 41.0 Å². The van der Waals surface area contributed by atoms with E-state index in [4.69, 9.17) is 16.4 Å². The Morgan fingerprint density at radius 1 is 1.14 bits per heavy atom. The molecule has 3 rings (SSSR count). The lowest BCUT2D eigenvalue weighted by molar-refractivity contribution is -0.149. The molecule has 148 valence electrons. The molecule has 0 N–H and O–H groups in total.